The van der Waals surface area contributed by atoms with Crippen molar-refractivity contribution in [2.45, 2.75) is 20.3 Å². The average molecular weight is 364 g/mol. The Morgan fingerprint density at radius 2 is 1.81 bits per heavy atom. The summed E-state index contributed by atoms with van der Waals surface area (Å²) in [5, 5.41) is 10.8. The van der Waals surface area contributed by atoms with Crippen LogP contribution >= 0.6 is 0 Å². The summed E-state index contributed by atoms with van der Waals surface area (Å²) in [6.45, 7) is 3.62. The van der Waals surface area contributed by atoms with Gasteiger partial charge in [0.15, 0.2) is 0 Å². The number of aliphatic imine (C=N–C) groups is 1. The highest BCUT2D eigenvalue weighted by atomic mass is 16.3. The zero-order chi connectivity index (χ0) is 19.6. The predicted octanol–water partition coefficient (Wildman–Crippen LogP) is 2.65. The second-order valence-corrected chi connectivity index (χ2v) is 6.05. The molecule has 0 saturated heterocycles. The van der Waals surface area contributed by atoms with Crippen LogP contribution in [0.4, 0.5) is 11.4 Å². The fourth-order valence-electron chi connectivity index (χ4n) is 2.87. The lowest BCUT2D eigenvalue weighted by Crippen LogP contribution is -2.33. The summed E-state index contributed by atoms with van der Waals surface area (Å²) < 4.78 is 1.07. The number of rotatable bonds is 4. The lowest BCUT2D eigenvalue weighted by atomic mass is 10.1. The maximum Gasteiger partial charge on any atom is 0.335 e. The molecule has 7 nitrogen and oxygen atoms in total. The van der Waals surface area contributed by atoms with Crippen LogP contribution in [0.25, 0.3) is 5.69 Å². The molecule has 0 aliphatic heterocycles. The van der Waals surface area contributed by atoms with Gasteiger partial charge in [-0.1, -0.05) is 37.3 Å². The lowest BCUT2D eigenvalue weighted by molar-refractivity contribution is 0.429. The third-order valence-electron chi connectivity index (χ3n) is 4.26. The monoisotopic (exact) mass is 364 g/mol. The van der Waals surface area contributed by atoms with Gasteiger partial charge in [0, 0.05) is 0 Å². The van der Waals surface area contributed by atoms with Crippen LogP contribution in [0.2, 0.25) is 0 Å². The van der Waals surface area contributed by atoms with E-state index in [1.165, 1.54) is 0 Å². The van der Waals surface area contributed by atoms with Crippen molar-refractivity contribution < 1.29 is 5.11 Å². The van der Waals surface area contributed by atoms with Crippen LogP contribution in [-0.4, -0.2) is 20.4 Å². The number of aryl methyl sites for hydroxylation is 1. The largest absolute Gasteiger partial charge is 0.493 e. The van der Waals surface area contributed by atoms with E-state index in [0.29, 0.717) is 29.2 Å². The van der Waals surface area contributed by atoms with Crippen molar-refractivity contribution in [3.63, 3.8) is 0 Å². The van der Waals surface area contributed by atoms with Crippen LogP contribution in [0.5, 0.6) is 5.88 Å². The van der Waals surface area contributed by atoms with Crippen LogP contribution in [0, 0.1) is 6.92 Å². The van der Waals surface area contributed by atoms with Gasteiger partial charge in [0.25, 0.3) is 5.56 Å². The summed E-state index contributed by atoms with van der Waals surface area (Å²) in [5.74, 6) is -0.451. The molecule has 138 valence electrons. The molecular weight excluding hydrogens is 344 g/mol. The quantitative estimate of drug-likeness (QED) is 0.488. The molecule has 3 rings (SSSR count). The summed E-state index contributed by atoms with van der Waals surface area (Å²) >= 11 is 0. The molecule has 0 aliphatic rings. The SMILES string of the molecule is CCC(=Nc1ccccc1N)c1c(O)n(-c2ccccc2C)c(=O)[nH]c1=O. The lowest BCUT2D eigenvalue weighted by Gasteiger charge is -2.14. The van der Waals surface area contributed by atoms with Gasteiger partial charge in [0.1, 0.15) is 5.56 Å². The Morgan fingerprint density at radius 3 is 2.48 bits per heavy atom. The first-order valence-electron chi connectivity index (χ1n) is 8.50. The number of aromatic hydroxyl groups is 1. The zero-order valence-corrected chi connectivity index (χ0v) is 15.1. The third-order valence-corrected chi connectivity index (χ3v) is 4.26. The van der Waals surface area contributed by atoms with Crippen LogP contribution in [0.15, 0.2) is 63.1 Å². The molecule has 0 saturated carbocycles. The van der Waals surface area contributed by atoms with E-state index in [9.17, 15) is 14.7 Å². The van der Waals surface area contributed by atoms with Crippen molar-refractivity contribution in [1.82, 2.24) is 9.55 Å². The van der Waals surface area contributed by atoms with Gasteiger partial charge in [-0.15, -0.1) is 0 Å². The normalized spacial score (nSPS) is 11.6. The second kappa shape index (κ2) is 7.33. The molecular formula is C20H20N4O3. The number of nitrogens with zero attached hydrogens (tertiary/aromatic N) is 2. The van der Waals surface area contributed by atoms with Crippen LogP contribution in [-0.2, 0) is 0 Å². The van der Waals surface area contributed by atoms with Gasteiger partial charge in [0.05, 0.1) is 22.8 Å². The number of nitrogen functional groups attached to an aromatic ring is 1. The molecule has 3 aromatic rings. The number of anilines is 1. The van der Waals surface area contributed by atoms with Crippen molar-refractivity contribution >= 4 is 17.1 Å². The first-order valence-corrected chi connectivity index (χ1v) is 8.50. The van der Waals surface area contributed by atoms with Crippen molar-refractivity contribution in [2.24, 2.45) is 4.99 Å². The molecule has 2 aromatic carbocycles. The number of H-pyrrole nitrogens is 1. The number of nitrogens with two attached hydrogens (primary N) is 1. The van der Waals surface area contributed by atoms with E-state index in [1.807, 2.05) is 19.1 Å². The number of nitrogens with one attached hydrogen (secondary N) is 1. The highest BCUT2D eigenvalue weighted by molar-refractivity contribution is 6.04. The molecule has 0 fully saturated rings. The molecule has 0 unspecified atom stereocenters. The van der Waals surface area contributed by atoms with Crippen LogP contribution < -0.4 is 17.0 Å². The molecule has 0 radical (unpaired) electrons. The van der Waals surface area contributed by atoms with Gasteiger partial charge >= 0.3 is 5.69 Å². The number of aromatic amines is 1. The standard InChI is InChI=1S/C20H20N4O3/c1-3-14(22-15-10-6-5-9-13(15)21)17-18(25)23-20(27)24(19(17)26)16-11-7-4-8-12(16)2/h4-11,26H,3,21H2,1-2H3,(H,23,25,27). The van der Waals surface area contributed by atoms with E-state index < -0.39 is 17.1 Å². The molecule has 4 N–H and O–H groups in total. The summed E-state index contributed by atoms with van der Waals surface area (Å²) in [6.07, 6.45) is 0.358. The van der Waals surface area contributed by atoms with Crippen LogP contribution in [0.3, 0.4) is 0 Å². The fourth-order valence-corrected chi connectivity index (χ4v) is 2.87. The number of hydrogen-bond donors (Lipinski definition) is 3. The molecule has 0 bridgehead atoms. The number of para-hydroxylation sites is 3. The molecule has 0 spiro atoms. The minimum absolute atomic E-state index is 0.0522. The van der Waals surface area contributed by atoms with Crippen molar-refractivity contribution in [1.29, 1.82) is 0 Å². The summed E-state index contributed by atoms with van der Waals surface area (Å²) in [6, 6.07) is 14.0. The van der Waals surface area contributed by atoms with Crippen molar-refractivity contribution in [3.8, 4) is 11.6 Å². The van der Waals surface area contributed by atoms with Gasteiger partial charge in [-0.3, -0.25) is 14.8 Å². The van der Waals surface area contributed by atoms with Gasteiger partial charge in [-0.25, -0.2) is 9.36 Å². The second-order valence-electron chi connectivity index (χ2n) is 6.05. The van der Waals surface area contributed by atoms with E-state index in [-0.39, 0.29) is 5.56 Å². The molecule has 1 heterocycles. The first-order chi connectivity index (χ1) is 12.9. The van der Waals surface area contributed by atoms with Gasteiger partial charge in [0.2, 0.25) is 5.88 Å². The highest BCUT2D eigenvalue weighted by Gasteiger charge is 2.20. The third kappa shape index (κ3) is 3.39. The molecule has 0 atom stereocenters. The maximum absolute atomic E-state index is 12.5. The molecule has 1 aromatic heterocycles. The Kier molecular flexibility index (Phi) is 4.94. The minimum atomic E-state index is -0.717. The Morgan fingerprint density at radius 1 is 1.15 bits per heavy atom. The fraction of sp³-hybridized carbons (Fsp3) is 0.150. The van der Waals surface area contributed by atoms with Crippen molar-refractivity contribution in [3.05, 3.63) is 80.5 Å². The number of benzene rings is 2. The van der Waals surface area contributed by atoms with Crippen molar-refractivity contribution in [2.75, 3.05) is 5.73 Å². The Balaban J connectivity index is 2.29. The van der Waals surface area contributed by atoms with E-state index in [2.05, 4.69) is 9.98 Å². The molecule has 0 aliphatic carbocycles. The minimum Gasteiger partial charge on any atom is -0.493 e. The average Bonchev–Trinajstić information content (AvgIpc) is 2.63. The molecule has 0 amide bonds. The van der Waals surface area contributed by atoms with E-state index in [0.717, 1.165) is 10.1 Å². The topological polar surface area (TPSA) is 113 Å². The van der Waals surface area contributed by atoms with E-state index >= 15 is 0 Å². The zero-order valence-electron chi connectivity index (χ0n) is 15.1. The Hall–Kier alpha value is -3.61. The van der Waals surface area contributed by atoms with Crippen LogP contribution in [0.1, 0.15) is 24.5 Å². The van der Waals surface area contributed by atoms with Gasteiger partial charge in [-0.2, -0.15) is 0 Å². The maximum atomic E-state index is 12.5. The summed E-state index contributed by atoms with van der Waals surface area (Å²) in [7, 11) is 0. The number of hydrogen-bond acceptors (Lipinski definition) is 5. The Labute approximate surface area is 155 Å². The van der Waals surface area contributed by atoms with E-state index in [4.69, 9.17) is 5.73 Å². The summed E-state index contributed by atoms with van der Waals surface area (Å²) in [4.78, 5) is 31.6. The van der Waals surface area contributed by atoms with Gasteiger partial charge < -0.3 is 10.8 Å². The predicted molar refractivity (Wildman–Crippen MR) is 106 cm³/mol. The first kappa shape index (κ1) is 18.2. The summed E-state index contributed by atoms with van der Waals surface area (Å²) in [5.41, 5.74) is 6.98. The molecule has 7 heteroatoms. The smallest absolute Gasteiger partial charge is 0.335 e. The number of aromatic nitrogens is 2. The Bertz CT molecular complexity index is 1140. The van der Waals surface area contributed by atoms with E-state index in [1.54, 1.807) is 43.3 Å². The molecule has 27 heavy (non-hydrogen) atoms. The highest BCUT2D eigenvalue weighted by Crippen LogP contribution is 2.25. The van der Waals surface area contributed by atoms with Gasteiger partial charge in [-0.05, 0) is 37.1 Å².